The summed E-state index contributed by atoms with van der Waals surface area (Å²) in [4.78, 5) is 11.5. The second-order valence-electron chi connectivity index (χ2n) is 8.27. The lowest BCUT2D eigenvalue weighted by molar-refractivity contribution is 0.543. The van der Waals surface area contributed by atoms with E-state index in [4.69, 9.17) is 21.6 Å². The molecule has 1 aliphatic heterocycles. The Labute approximate surface area is 174 Å². The van der Waals surface area contributed by atoms with Crippen LogP contribution < -0.4 is 4.90 Å². The monoisotopic (exact) mass is 434 g/mol. The lowest BCUT2D eigenvalue weighted by atomic mass is 9.96. The van der Waals surface area contributed by atoms with E-state index in [1.54, 1.807) is 4.68 Å². The quantitative estimate of drug-likeness (QED) is 0.624. The van der Waals surface area contributed by atoms with Crippen LogP contribution in [0.5, 0.6) is 0 Å². The number of fused-ring (bicyclic) bond motifs is 1. The van der Waals surface area contributed by atoms with Crippen molar-refractivity contribution in [1.82, 2.24) is 25.0 Å². The maximum absolute atomic E-state index is 11.9. The zero-order valence-corrected chi connectivity index (χ0v) is 18.2. The highest BCUT2D eigenvalue weighted by Gasteiger charge is 2.28. The van der Waals surface area contributed by atoms with Gasteiger partial charge in [0.1, 0.15) is 5.82 Å². The van der Waals surface area contributed by atoms with Gasteiger partial charge in [-0.05, 0) is 11.6 Å². The predicted molar refractivity (Wildman–Crippen MR) is 113 cm³/mol. The molecule has 0 radical (unpaired) electrons. The van der Waals surface area contributed by atoms with Gasteiger partial charge in [0, 0.05) is 23.5 Å². The summed E-state index contributed by atoms with van der Waals surface area (Å²) in [5.41, 5.74) is 1.82. The first-order valence-electron chi connectivity index (χ1n) is 9.44. The Bertz CT molecular complexity index is 1160. The summed E-state index contributed by atoms with van der Waals surface area (Å²) in [6.07, 6.45) is 0. The molecular weight excluding hydrogens is 412 g/mol. The third-order valence-electron chi connectivity index (χ3n) is 4.94. The van der Waals surface area contributed by atoms with Crippen molar-refractivity contribution in [3.8, 4) is 0 Å². The van der Waals surface area contributed by atoms with Gasteiger partial charge in [0.2, 0.25) is 0 Å². The first kappa shape index (κ1) is 20.0. The van der Waals surface area contributed by atoms with Crippen LogP contribution in [0.25, 0.3) is 11.2 Å². The molecule has 0 saturated carbocycles. The minimum atomic E-state index is -3.00. The first-order valence-corrected chi connectivity index (χ1v) is 11.6. The van der Waals surface area contributed by atoms with E-state index in [0.717, 1.165) is 5.56 Å². The lowest BCUT2D eigenvalue weighted by Gasteiger charge is -2.29. The van der Waals surface area contributed by atoms with Gasteiger partial charge in [-0.1, -0.05) is 55.8 Å². The summed E-state index contributed by atoms with van der Waals surface area (Å²) in [7, 11) is -3.00. The molecule has 2 aromatic heterocycles. The van der Waals surface area contributed by atoms with Crippen molar-refractivity contribution in [2.45, 2.75) is 32.7 Å². The molecule has 8 nitrogen and oxygen atoms in total. The van der Waals surface area contributed by atoms with E-state index in [1.165, 1.54) is 0 Å². The average molecular weight is 435 g/mol. The highest BCUT2D eigenvalue weighted by atomic mass is 35.5. The van der Waals surface area contributed by atoms with Crippen molar-refractivity contribution in [3.05, 3.63) is 40.7 Å². The molecule has 154 valence electrons. The van der Waals surface area contributed by atoms with Gasteiger partial charge in [0.05, 0.1) is 18.1 Å². The molecule has 10 heteroatoms. The molecule has 29 heavy (non-hydrogen) atoms. The summed E-state index contributed by atoms with van der Waals surface area (Å²) in [6.45, 7) is 7.33. The zero-order chi connectivity index (χ0) is 20.8. The maximum atomic E-state index is 11.9. The van der Waals surface area contributed by atoms with Crippen molar-refractivity contribution < 1.29 is 8.42 Å². The fraction of sp³-hybridized carbons (Fsp3) is 0.474. The average Bonchev–Trinajstić information content (AvgIpc) is 3.05. The van der Waals surface area contributed by atoms with Crippen molar-refractivity contribution in [1.29, 1.82) is 0 Å². The summed E-state index contributed by atoms with van der Waals surface area (Å²) >= 11 is 6.32. The van der Waals surface area contributed by atoms with Crippen LogP contribution in [0.15, 0.2) is 24.3 Å². The Morgan fingerprint density at radius 1 is 1.10 bits per heavy atom. The van der Waals surface area contributed by atoms with Gasteiger partial charge >= 0.3 is 0 Å². The van der Waals surface area contributed by atoms with Gasteiger partial charge in [0.25, 0.3) is 0 Å². The Morgan fingerprint density at radius 3 is 2.45 bits per heavy atom. The van der Waals surface area contributed by atoms with E-state index in [2.05, 4.69) is 10.3 Å². The molecule has 0 N–H and O–H groups in total. The number of hydrogen-bond acceptors (Lipinski definition) is 7. The highest BCUT2D eigenvalue weighted by Crippen LogP contribution is 2.28. The molecule has 1 saturated heterocycles. The van der Waals surface area contributed by atoms with Gasteiger partial charge in [-0.15, -0.1) is 5.10 Å². The fourth-order valence-electron chi connectivity index (χ4n) is 3.22. The molecule has 3 aromatic rings. The molecule has 0 bridgehead atoms. The number of benzene rings is 1. The van der Waals surface area contributed by atoms with E-state index in [1.807, 2.05) is 49.9 Å². The SMILES string of the molecule is CC(C)(C)c1nc(N2CCS(=O)(=O)CC2)c2nnn(Cc3ccccc3Cl)c2n1. The molecular formula is C19H23ClN6O2S. The standard InChI is InChI=1S/C19H23ClN6O2S/c1-19(2,3)18-21-16(25-8-10-29(27,28)11-9-25)15-17(22-18)26(24-23-15)12-13-6-4-5-7-14(13)20/h4-7H,8-12H2,1-3H3. The first-order chi connectivity index (χ1) is 13.6. The van der Waals surface area contributed by atoms with Crippen molar-refractivity contribution in [2.75, 3.05) is 29.5 Å². The Morgan fingerprint density at radius 2 is 1.79 bits per heavy atom. The molecule has 1 aromatic carbocycles. The van der Waals surface area contributed by atoms with Crippen LogP contribution in [0.3, 0.4) is 0 Å². The topological polar surface area (TPSA) is 93.9 Å². The molecule has 4 rings (SSSR count). The van der Waals surface area contributed by atoms with Gasteiger partial charge in [-0.2, -0.15) is 0 Å². The van der Waals surface area contributed by atoms with E-state index >= 15 is 0 Å². The summed E-state index contributed by atoms with van der Waals surface area (Å²) in [5, 5.41) is 9.29. The van der Waals surface area contributed by atoms with Crippen LogP contribution in [0.1, 0.15) is 32.2 Å². The number of hydrogen-bond donors (Lipinski definition) is 0. The van der Waals surface area contributed by atoms with Crippen molar-refractivity contribution >= 4 is 38.4 Å². The van der Waals surface area contributed by atoms with Crippen LogP contribution in [0.2, 0.25) is 5.02 Å². The molecule has 1 aliphatic rings. The van der Waals surface area contributed by atoms with Crippen molar-refractivity contribution in [3.63, 3.8) is 0 Å². The molecule has 0 spiro atoms. The number of halogens is 1. The smallest absolute Gasteiger partial charge is 0.184 e. The second-order valence-corrected chi connectivity index (χ2v) is 11.0. The number of nitrogens with zero attached hydrogens (tertiary/aromatic N) is 6. The molecule has 0 unspecified atom stereocenters. The number of aromatic nitrogens is 5. The third-order valence-corrected chi connectivity index (χ3v) is 6.92. The Hall–Kier alpha value is -2.26. The molecule has 3 heterocycles. The Balaban J connectivity index is 1.81. The number of rotatable bonds is 3. The maximum Gasteiger partial charge on any atom is 0.184 e. The van der Waals surface area contributed by atoms with Gasteiger partial charge < -0.3 is 4.90 Å². The van der Waals surface area contributed by atoms with E-state index in [-0.39, 0.29) is 16.9 Å². The predicted octanol–water partition coefficient (Wildman–Crippen LogP) is 2.46. The highest BCUT2D eigenvalue weighted by molar-refractivity contribution is 7.91. The second kappa shape index (κ2) is 7.21. The number of sulfone groups is 1. The van der Waals surface area contributed by atoms with Crippen molar-refractivity contribution in [2.24, 2.45) is 0 Å². The van der Waals surface area contributed by atoms with E-state index < -0.39 is 9.84 Å². The summed E-state index contributed by atoms with van der Waals surface area (Å²) < 4.78 is 25.4. The minimum Gasteiger partial charge on any atom is -0.353 e. The van der Waals surface area contributed by atoms with Crippen LogP contribution in [0, 0.1) is 0 Å². The molecule has 0 atom stereocenters. The minimum absolute atomic E-state index is 0.108. The molecule has 0 amide bonds. The Kier molecular flexibility index (Phi) is 4.98. The molecule has 1 fully saturated rings. The summed E-state index contributed by atoms with van der Waals surface area (Å²) in [5.74, 6) is 1.52. The van der Waals surface area contributed by atoms with E-state index in [0.29, 0.717) is 47.5 Å². The van der Waals surface area contributed by atoms with Crippen LogP contribution >= 0.6 is 11.6 Å². The van der Waals surface area contributed by atoms with Gasteiger partial charge in [-0.3, -0.25) is 0 Å². The fourth-order valence-corrected chi connectivity index (χ4v) is 4.61. The van der Waals surface area contributed by atoms with Crippen LogP contribution in [-0.2, 0) is 21.8 Å². The van der Waals surface area contributed by atoms with Gasteiger partial charge in [0.15, 0.2) is 26.8 Å². The van der Waals surface area contributed by atoms with Crippen LogP contribution in [-0.4, -0.2) is 58.0 Å². The normalized spacial score (nSPS) is 17.0. The van der Waals surface area contributed by atoms with Crippen LogP contribution in [0.4, 0.5) is 5.82 Å². The summed E-state index contributed by atoms with van der Waals surface area (Å²) in [6, 6.07) is 7.59. The largest absolute Gasteiger partial charge is 0.353 e. The molecule has 0 aliphatic carbocycles. The number of anilines is 1. The lowest BCUT2D eigenvalue weighted by Crippen LogP contribution is -2.41. The van der Waals surface area contributed by atoms with Gasteiger partial charge in [-0.25, -0.2) is 23.1 Å². The zero-order valence-electron chi connectivity index (χ0n) is 16.6. The van der Waals surface area contributed by atoms with E-state index in [9.17, 15) is 8.42 Å². The third kappa shape index (κ3) is 4.06.